The van der Waals surface area contributed by atoms with Gasteiger partial charge in [-0.2, -0.15) is 5.26 Å². The molecule has 0 saturated heterocycles. The molecule has 0 saturated carbocycles. The fraction of sp³-hybridized carbons (Fsp3) is 0.0800. The Morgan fingerprint density at radius 3 is 2.39 bits per heavy atom. The summed E-state index contributed by atoms with van der Waals surface area (Å²) in [7, 11) is 1.54. The summed E-state index contributed by atoms with van der Waals surface area (Å²) in [5.74, 6) is -0.545. The normalized spacial score (nSPS) is 10.8. The van der Waals surface area contributed by atoms with Gasteiger partial charge in [0.05, 0.1) is 12.7 Å². The van der Waals surface area contributed by atoms with Crippen LogP contribution in [-0.4, -0.2) is 24.1 Å². The van der Waals surface area contributed by atoms with Gasteiger partial charge in [0.1, 0.15) is 29.7 Å². The summed E-state index contributed by atoms with van der Waals surface area (Å²) in [6, 6.07) is 19.7. The minimum atomic E-state index is -1.01. The molecule has 0 aromatic heterocycles. The zero-order chi connectivity index (χ0) is 23.8. The number of nitrogens with zero attached hydrogens (tertiary/aromatic N) is 1. The minimum Gasteiger partial charge on any atom is -0.497 e. The summed E-state index contributed by atoms with van der Waals surface area (Å²) in [6.07, 6.45) is 1.40. The van der Waals surface area contributed by atoms with E-state index in [1.54, 1.807) is 61.7 Å². The van der Waals surface area contributed by atoms with Gasteiger partial charge < -0.3 is 19.9 Å². The van der Waals surface area contributed by atoms with Gasteiger partial charge in [0.2, 0.25) is 0 Å². The van der Waals surface area contributed by atoms with Gasteiger partial charge in [0.25, 0.3) is 5.91 Å². The molecule has 0 bridgehead atoms. The highest BCUT2D eigenvalue weighted by Crippen LogP contribution is 2.27. The molecule has 0 heterocycles. The predicted octanol–water partition coefficient (Wildman–Crippen LogP) is 5.17. The first kappa shape index (κ1) is 23.4. The number of halogens is 1. The molecule has 3 rings (SSSR count). The van der Waals surface area contributed by atoms with Gasteiger partial charge in [0.15, 0.2) is 0 Å². The molecule has 0 aliphatic carbocycles. The third-order valence-electron chi connectivity index (χ3n) is 4.58. The second-order valence-electron chi connectivity index (χ2n) is 6.83. The maximum atomic E-state index is 12.6. The molecule has 0 spiro atoms. The highest BCUT2D eigenvalue weighted by molar-refractivity contribution is 6.30. The van der Waals surface area contributed by atoms with Crippen molar-refractivity contribution in [2.45, 2.75) is 6.61 Å². The quantitative estimate of drug-likeness (QED) is 0.353. The molecular weight excluding hydrogens is 444 g/mol. The van der Waals surface area contributed by atoms with Crippen molar-refractivity contribution in [1.29, 1.82) is 5.26 Å². The molecule has 0 aliphatic heterocycles. The molecule has 1 amide bonds. The number of carboxylic acid groups (broad SMARTS) is 1. The van der Waals surface area contributed by atoms with E-state index in [0.29, 0.717) is 27.8 Å². The van der Waals surface area contributed by atoms with E-state index in [1.807, 2.05) is 6.07 Å². The average molecular weight is 463 g/mol. The Hall–Kier alpha value is -4.28. The first-order chi connectivity index (χ1) is 15.9. The van der Waals surface area contributed by atoms with E-state index < -0.39 is 11.9 Å². The molecule has 3 aromatic rings. The van der Waals surface area contributed by atoms with Crippen LogP contribution in [0.4, 0.5) is 5.69 Å². The molecule has 2 N–H and O–H groups in total. The Balaban J connectivity index is 1.78. The van der Waals surface area contributed by atoms with Crippen molar-refractivity contribution < 1.29 is 24.2 Å². The molecule has 166 valence electrons. The number of ether oxygens (including phenoxy) is 2. The van der Waals surface area contributed by atoms with Crippen molar-refractivity contribution in [3.05, 3.63) is 94.0 Å². The monoisotopic (exact) mass is 462 g/mol. The van der Waals surface area contributed by atoms with Crippen molar-refractivity contribution in [2.75, 3.05) is 12.4 Å². The molecular formula is C25H19ClN2O5. The zero-order valence-electron chi connectivity index (χ0n) is 17.5. The Kier molecular flexibility index (Phi) is 7.68. The number of rotatable bonds is 8. The van der Waals surface area contributed by atoms with Crippen molar-refractivity contribution in [2.24, 2.45) is 0 Å². The number of methoxy groups -OCH3 is 1. The van der Waals surface area contributed by atoms with Gasteiger partial charge >= 0.3 is 5.97 Å². The Bertz CT molecular complexity index is 1230. The highest BCUT2D eigenvalue weighted by atomic mass is 35.5. The zero-order valence-corrected chi connectivity index (χ0v) is 18.3. The van der Waals surface area contributed by atoms with E-state index in [4.69, 9.17) is 26.2 Å². The maximum Gasteiger partial charge on any atom is 0.335 e. The summed E-state index contributed by atoms with van der Waals surface area (Å²) in [4.78, 5) is 23.6. The molecule has 8 heteroatoms. The molecule has 0 aliphatic rings. The molecule has 3 aromatic carbocycles. The largest absolute Gasteiger partial charge is 0.497 e. The van der Waals surface area contributed by atoms with Crippen LogP contribution in [0.15, 0.2) is 72.3 Å². The van der Waals surface area contributed by atoms with E-state index in [0.717, 1.165) is 5.56 Å². The standard InChI is InChI=1S/C25H19ClN2O5/c1-32-22-9-7-21(8-10-22)28-24(29)19(14-27)12-18-13-20(26)6-11-23(18)33-15-16-2-4-17(5-3-16)25(30)31/h2-13H,15H2,1H3,(H,28,29)(H,30,31). The number of anilines is 1. The summed E-state index contributed by atoms with van der Waals surface area (Å²) in [5.41, 5.74) is 1.75. The van der Waals surface area contributed by atoms with Crippen LogP contribution in [0.3, 0.4) is 0 Å². The first-order valence-electron chi connectivity index (χ1n) is 9.71. The van der Waals surface area contributed by atoms with Crippen LogP contribution in [-0.2, 0) is 11.4 Å². The molecule has 0 unspecified atom stereocenters. The van der Waals surface area contributed by atoms with E-state index in [1.165, 1.54) is 18.2 Å². The molecule has 0 radical (unpaired) electrons. The fourth-order valence-corrected chi connectivity index (χ4v) is 3.03. The Morgan fingerprint density at radius 1 is 1.09 bits per heavy atom. The molecule has 7 nitrogen and oxygen atoms in total. The number of benzene rings is 3. The third-order valence-corrected chi connectivity index (χ3v) is 4.81. The number of carbonyl (C=O) groups is 2. The van der Waals surface area contributed by atoms with E-state index in [9.17, 15) is 14.9 Å². The summed E-state index contributed by atoms with van der Waals surface area (Å²) in [6.45, 7) is 0.155. The highest BCUT2D eigenvalue weighted by Gasteiger charge is 2.12. The van der Waals surface area contributed by atoms with E-state index in [2.05, 4.69) is 5.32 Å². The number of nitrogens with one attached hydrogen (secondary N) is 1. The van der Waals surface area contributed by atoms with Crippen molar-refractivity contribution >= 4 is 35.2 Å². The molecule has 0 fully saturated rings. The maximum absolute atomic E-state index is 12.6. The number of hydrogen-bond donors (Lipinski definition) is 2. The van der Waals surface area contributed by atoms with Crippen LogP contribution in [0.1, 0.15) is 21.5 Å². The number of hydrogen-bond acceptors (Lipinski definition) is 5. The third kappa shape index (κ3) is 6.35. The average Bonchev–Trinajstić information content (AvgIpc) is 2.82. The Labute approximate surface area is 195 Å². The lowest BCUT2D eigenvalue weighted by atomic mass is 10.1. The number of amides is 1. The number of nitriles is 1. The number of carboxylic acids is 1. The number of aromatic carboxylic acids is 1. The van der Waals surface area contributed by atoms with Crippen LogP contribution in [0.25, 0.3) is 6.08 Å². The van der Waals surface area contributed by atoms with E-state index >= 15 is 0 Å². The predicted molar refractivity (Wildman–Crippen MR) is 124 cm³/mol. The van der Waals surface area contributed by atoms with Gasteiger partial charge in [-0.25, -0.2) is 4.79 Å². The summed E-state index contributed by atoms with van der Waals surface area (Å²) >= 11 is 6.11. The van der Waals surface area contributed by atoms with Gasteiger partial charge in [0, 0.05) is 16.3 Å². The van der Waals surface area contributed by atoms with Crippen LogP contribution in [0.2, 0.25) is 5.02 Å². The topological polar surface area (TPSA) is 109 Å². The summed E-state index contributed by atoms with van der Waals surface area (Å²) in [5, 5.41) is 21.6. The van der Waals surface area contributed by atoms with Gasteiger partial charge in [-0.15, -0.1) is 0 Å². The number of carbonyl (C=O) groups excluding carboxylic acids is 1. The first-order valence-corrected chi connectivity index (χ1v) is 10.1. The Morgan fingerprint density at radius 2 is 1.79 bits per heavy atom. The van der Waals surface area contributed by atoms with Crippen LogP contribution in [0, 0.1) is 11.3 Å². The minimum absolute atomic E-state index is 0.135. The lowest BCUT2D eigenvalue weighted by Gasteiger charge is -2.11. The fourth-order valence-electron chi connectivity index (χ4n) is 2.85. The lowest BCUT2D eigenvalue weighted by Crippen LogP contribution is -2.13. The second kappa shape index (κ2) is 10.8. The van der Waals surface area contributed by atoms with Crippen molar-refractivity contribution in [1.82, 2.24) is 0 Å². The van der Waals surface area contributed by atoms with Crippen LogP contribution < -0.4 is 14.8 Å². The van der Waals surface area contributed by atoms with Gasteiger partial charge in [-0.3, -0.25) is 4.79 Å². The molecule has 0 atom stereocenters. The van der Waals surface area contributed by atoms with Crippen LogP contribution >= 0.6 is 11.6 Å². The van der Waals surface area contributed by atoms with Crippen molar-refractivity contribution in [3.63, 3.8) is 0 Å². The van der Waals surface area contributed by atoms with E-state index in [-0.39, 0.29) is 17.7 Å². The van der Waals surface area contributed by atoms with Gasteiger partial charge in [-0.05, 0) is 66.2 Å². The summed E-state index contributed by atoms with van der Waals surface area (Å²) < 4.78 is 10.9. The molecule has 33 heavy (non-hydrogen) atoms. The second-order valence-corrected chi connectivity index (χ2v) is 7.26. The SMILES string of the molecule is COc1ccc(NC(=O)C(C#N)=Cc2cc(Cl)ccc2OCc2ccc(C(=O)O)cc2)cc1. The van der Waals surface area contributed by atoms with Gasteiger partial charge in [-0.1, -0.05) is 23.7 Å². The van der Waals surface area contributed by atoms with Crippen LogP contribution in [0.5, 0.6) is 11.5 Å². The lowest BCUT2D eigenvalue weighted by molar-refractivity contribution is -0.112. The van der Waals surface area contributed by atoms with Crippen molar-refractivity contribution in [3.8, 4) is 17.6 Å². The smallest absolute Gasteiger partial charge is 0.335 e.